The van der Waals surface area contributed by atoms with Crippen molar-refractivity contribution in [2.45, 2.75) is 57.7 Å². The molecule has 4 heterocycles. The highest BCUT2D eigenvalue weighted by molar-refractivity contribution is 5.44. The normalized spacial score (nSPS) is 18.2. The van der Waals surface area contributed by atoms with Gasteiger partial charge in [-0.3, -0.25) is 18.9 Å². The summed E-state index contributed by atoms with van der Waals surface area (Å²) in [5.41, 5.74) is 8.23. The summed E-state index contributed by atoms with van der Waals surface area (Å²) < 4.78 is 3.06. The molecule has 9 heteroatoms. The maximum atomic E-state index is 13.8. The van der Waals surface area contributed by atoms with Crippen LogP contribution in [0.4, 0.5) is 11.5 Å². The molecule has 2 saturated heterocycles. The Labute approximate surface area is 229 Å². The van der Waals surface area contributed by atoms with Crippen molar-refractivity contribution in [3.63, 3.8) is 0 Å². The van der Waals surface area contributed by atoms with Crippen LogP contribution in [0.15, 0.2) is 64.4 Å². The van der Waals surface area contributed by atoms with Crippen molar-refractivity contribution < 1.29 is 0 Å². The number of benzene rings is 1. The molecule has 0 radical (unpaired) electrons. The van der Waals surface area contributed by atoms with E-state index in [1.165, 1.54) is 4.57 Å². The zero-order valence-corrected chi connectivity index (χ0v) is 22.4. The first-order valence-electron chi connectivity index (χ1n) is 14.0. The molecule has 9 nitrogen and oxygen atoms in total. The summed E-state index contributed by atoms with van der Waals surface area (Å²) in [4.78, 5) is 35.6. The van der Waals surface area contributed by atoms with Crippen molar-refractivity contribution in [3.8, 4) is 6.07 Å². The monoisotopic (exact) mass is 527 g/mol. The molecule has 0 unspecified atom stereocenters. The highest BCUT2D eigenvalue weighted by Crippen LogP contribution is 2.26. The van der Waals surface area contributed by atoms with E-state index in [1.54, 1.807) is 29.0 Å². The summed E-state index contributed by atoms with van der Waals surface area (Å²) in [5, 5.41) is 9.34. The average Bonchev–Trinajstić information content (AvgIpc) is 2.97. The van der Waals surface area contributed by atoms with Gasteiger partial charge in [-0.25, -0.2) is 4.79 Å². The van der Waals surface area contributed by atoms with Crippen molar-refractivity contribution in [3.05, 3.63) is 86.8 Å². The van der Waals surface area contributed by atoms with Crippen molar-refractivity contribution in [2.24, 2.45) is 11.7 Å². The third-order valence-electron chi connectivity index (χ3n) is 8.06. The van der Waals surface area contributed by atoms with Crippen molar-refractivity contribution >= 4 is 11.5 Å². The van der Waals surface area contributed by atoms with Gasteiger partial charge >= 0.3 is 5.69 Å². The van der Waals surface area contributed by atoms with E-state index in [0.717, 1.165) is 69.4 Å². The van der Waals surface area contributed by atoms with Gasteiger partial charge in [-0.1, -0.05) is 12.1 Å². The van der Waals surface area contributed by atoms with Crippen LogP contribution in [0.3, 0.4) is 0 Å². The fraction of sp³-hybridized carbons (Fsp3) is 0.467. The molecule has 2 aliphatic rings. The minimum Gasteiger partial charge on any atom is -0.370 e. The van der Waals surface area contributed by atoms with E-state index in [9.17, 15) is 14.9 Å². The summed E-state index contributed by atoms with van der Waals surface area (Å²) >= 11 is 0. The van der Waals surface area contributed by atoms with Crippen LogP contribution in [-0.4, -0.2) is 46.3 Å². The van der Waals surface area contributed by atoms with Gasteiger partial charge in [0.05, 0.1) is 30.1 Å². The lowest BCUT2D eigenvalue weighted by Crippen LogP contribution is -2.48. The van der Waals surface area contributed by atoms with Gasteiger partial charge in [0.2, 0.25) is 0 Å². The number of anilines is 2. The quantitative estimate of drug-likeness (QED) is 0.479. The highest BCUT2D eigenvalue weighted by atomic mass is 16.2. The first-order valence-corrected chi connectivity index (χ1v) is 14.0. The van der Waals surface area contributed by atoms with E-state index in [2.05, 4.69) is 26.9 Å². The summed E-state index contributed by atoms with van der Waals surface area (Å²) in [6.45, 7) is 4.06. The Kier molecular flexibility index (Phi) is 8.42. The van der Waals surface area contributed by atoms with Crippen LogP contribution in [0, 0.1) is 17.2 Å². The Morgan fingerprint density at radius 2 is 1.85 bits per heavy atom. The number of aromatic nitrogens is 3. The highest BCUT2D eigenvalue weighted by Gasteiger charge is 2.23. The molecule has 2 aliphatic heterocycles. The molecule has 3 aromatic rings. The molecule has 0 saturated carbocycles. The van der Waals surface area contributed by atoms with Gasteiger partial charge in [0.15, 0.2) is 0 Å². The molecule has 1 aromatic carbocycles. The SMILES string of the molecule is N#Cc1cccc(Cn2c(N3CCC[C@@H](N)C3)cc(=O)n(CCCC3CCN(c4cccnc4)CC3)c2=O)c1. The van der Waals surface area contributed by atoms with Gasteiger partial charge in [0, 0.05) is 51.0 Å². The van der Waals surface area contributed by atoms with Crippen molar-refractivity contribution in [1.29, 1.82) is 5.26 Å². The van der Waals surface area contributed by atoms with E-state index in [-0.39, 0.29) is 17.3 Å². The number of nitrogens with two attached hydrogens (primary N) is 1. The maximum Gasteiger partial charge on any atom is 0.332 e. The first kappa shape index (κ1) is 26.7. The fourth-order valence-electron chi connectivity index (χ4n) is 5.92. The second-order valence-electron chi connectivity index (χ2n) is 10.8. The van der Waals surface area contributed by atoms with Crippen molar-refractivity contribution in [1.82, 2.24) is 14.1 Å². The number of piperidine rings is 2. The molecule has 5 rings (SSSR count). The predicted molar refractivity (Wildman–Crippen MR) is 153 cm³/mol. The zero-order valence-electron chi connectivity index (χ0n) is 22.4. The summed E-state index contributed by atoms with van der Waals surface area (Å²) in [6, 6.07) is 15.1. The Hall–Kier alpha value is -3.90. The lowest BCUT2D eigenvalue weighted by molar-refractivity contribution is 0.360. The smallest absolute Gasteiger partial charge is 0.332 e. The fourth-order valence-corrected chi connectivity index (χ4v) is 5.92. The molecule has 39 heavy (non-hydrogen) atoms. The maximum absolute atomic E-state index is 13.8. The molecule has 1 atom stereocenters. The average molecular weight is 528 g/mol. The van der Waals surface area contributed by atoms with Crippen LogP contribution >= 0.6 is 0 Å². The number of hydrogen-bond donors (Lipinski definition) is 1. The van der Waals surface area contributed by atoms with E-state index in [1.807, 2.05) is 24.4 Å². The number of hydrogen-bond acceptors (Lipinski definition) is 7. The minimum absolute atomic E-state index is 0.0104. The second kappa shape index (κ2) is 12.3. The van der Waals surface area contributed by atoms with Gasteiger partial charge in [-0.2, -0.15) is 5.26 Å². The Morgan fingerprint density at radius 1 is 1.00 bits per heavy atom. The topological polar surface area (TPSA) is 113 Å². The predicted octanol–water partition coefficient (Wildman–Crippen LogP) is 2.95. The van der Waals surface area contributed by atoms with E-state index >= 15 is 0 Å². The number of pyridine rings is 1. The molecule has 2 fully saturated rings. The molecule has 2 aromatic heterocycles. The summed E-state index contributed by atoms with van der Waals surface area (Å²) in [6.07, 6.45) is 9.52. The van der Waals surface area contributed by atoms with E-state index in [0.29, 0.717) is 36.9 Å². The largest absolute Gasteiger partial charge is 0.370 e. The van der Waals surface area contributed by atoms with Crippen LogP contribution in [-0.2, 0) is 13.1 Å². The molecule has 204 valence electrons. The zero-order chi connectivity index (χ0) is 27.2. The van der Waals surface area contributed by atoms with Crippen LogP contribution in [0.25, 0.3) is 0 Å². The third kappa shape index (κ3) is 6.40. The van der Waals surface area contributed by atoms with Gasteiger partial charge in [-0.05, 0) is 74.3 Å². The number of rotatable bonds is 8. The Morgan fingerprint density at radius 3 is 2.59 bits per heavy atom. The third-order valence-corrected chi connectivity index (χ3v) is 8.06. The minimum atomic E-state index is -0.301. The van der Waals surface area contributed by atoms with Gasteiger partial charge in [0.25, 0.3) is 5.56 Å². The molecule has 0 bridgehead atoms. The molecule has 0 amide bonds. The number of nitriles is 1. The van der Waals surface area contributed by atoms with Crippen molar-refractivity contribution in [2.75, 3.05) is 36.0 Å². The molecular weight excluding hydrogens is 490 g/mol. The first-order chi connectivity index (χ1) is 19.0. The lowest BCUT2D eigenvalue weighted by atomic mass is 9.92. The van der Waals surface area contributed by atoms with Crippen LogP contribution in [0.2, 0.25) is 0 Å². The number of nitrogens with zero attached hydrogens (tertiary/aromatic N) is 6. The Balaban J connectivity index is 1.31. The van der Waals surface area contributed by atoms with Gasteiger partial charge in [-0.15, -0.1) is 0 Å². The molecule has 2 N–H and O–H groups in total. The van der Waals surface area contributed by atoms with Crippen LogP contribution in [0.1, 0.15) is 49.7 Å². The standard InChI is InChI=1S/C30H37N7O2/c31-19-24-5-1-6-25(17-24)21-37-28(35-13-4-8-26(32)22-35)18-29(38)36(30(37)39)14-3-7-23-10-15-34(16-11-23)27-9-2-12-33-20-27/h1-2,5-6,9,12,17-18,20,23,26H,3-4,7-8,10-11,13-16,21-22,32H2/t26-/m1/s1. The summed E-state index contributed by atoms with van der Waals surface area (Å²) in [5.74, 6) is 1.19. The van der Waals surface area contributed by atoms with E-state index in [4.69, 9.17) is 5.73 Å². The van der Waals surface area contributed by atoms with Gasteiger partial charge < -0.3 is 15.5 Å². The van der Waals surface area contributed by atoms with Crippen LogP contribution < -0.4 is 26.8 Å². The lowest BCUT2D eigenvalue weighted by Gasteiger charge is -2.34. The second-order valence-corrected chi connectivity index (χ2v) is 10.8. The molecule has 0 spiro atoms. The molecular formula is C30H37N7O2. The molecule has 0 aliphatic carbocycles. The van der Waals surface area contributed by atoms with Crippen LogP contribution in [0.5, 0.6) is 0 Å². The Bertz CT molecular complexity index is 1420. The van der Waals surface area contributed by atoms with Gasteiger partial charge in [0.1, 0.15) is 5.82 Å². The van der Waals surface area contributed by atoms with E-state index < -0.39 is 0 Å². The summed E-state index contributed by atoms with van der Waals surface area (Å²) in [7, 11) is 0.